The minimum absolute atomic E-state index is 0.0194. The monoisotopic (exact) mass is 1110 g/mol. The SMILES string of the molecule is COc1ccc(C(=O)c2cc(NCCC(F)(F)F)c3ncn(-c4ccc(C(=O)CC5CC5)c(C)c4)c3c2)cc1F.COc1ccc(C(O)c2cc(NCCC(F)(F)F)c3ncn(-c4ccc(C(=O)CC5CC5)c(C)c4)c3c2)cc1F. The van der Waals surface area contributed by atoms with Crippen LogP contribution >= 0.6 is 0 Å². The first-order valence-corrected chi connectivity index (χ1v) is 25.9. The Hall–Kier alpha value is -8.13. The number of halogens is 8. The second kappa shape index (κ2) is 23.3. The van der Waals surface area contributed by atoms with Gasteiger partial charge in [0.05, 0.1) is 49.5 Å². The zero-order chi connectivity index (χ0) is 57.2. The highest BCUT2D eigenvalue weighted by molar-refractivity contribution is 6.12. The Balaban J connectivity index is 0.000000194. The number of hydrogen-bond acceptors (Lipinski definition) is 10. The van der Waals surface area contributed by atoms with Crippen LogP contribution in [-0.4, -0.2) is 81.2 Å². The highest BCUT2D eigenvalue weighted by Crippen LogP contribution is 2.38. The third-order valence-electron chi connectivity index (χ3n) is 14.2. The molecule has 2 aliphatic carbocycles. The summed E-state index contributed by atoms with van der Waals surface area (Å²) >= 11 is 0. The van der Waals surface area contributed by atoms with Crippen LogP contribution in [0.25, 0.3) is 33.4 Å². The number of ether oxygens (including phenoxy) is 2. The van der Waals surface area contributed by atoms with Crippen LogP contribution in [0.4, 0.5) is 46.5 Å². The Morgan fingerprint density at radius 1 is 0.600 bits per heavy atom. The van der Waals surface area contributed by atoms with Gasteiger partial charge < -0.3 is 25.2 Å². The molecule has 2 fully saturated rings. The molecule has 0 radical (unpaired) electrons. The van der Waals surface area contributed by atoms with E-state index >= 15 is 0 Å². The van der Waals surface area contributed by atoms with E-state index in [2.05, 4.69) is 20.6 Å². The average Bonchev–Trinajstić information content (AvgIpc) is 4.36. The van der Waals surface area contributed by atoms with Crippen molar-refractivity contribution in [3.63, 3.8) is 0 Å². The number of ketones is 3. The van der Waals surface area contributed by atoms with Crippen molar-refractivity contribution in [3.8, 4) is 22.9 Å². The fourth-order valence-corrected chi connectivity index (χ4v) is 9.53. The van der Waals surface area contributed by atoms with Crippen molar-refractivity contribution in [1.82, 2.24) is 19.1 Å². The summed E-state index contributed by atoms with van der Waals surface area (Å²) in [5.74, 6) is -0.753. The first-order chi connectivity index (χ1) is 38.1. The topological polar surface area (TPSA) is 150 Å². The Labute approximate surface area is 454 Å². The van der Waals surface area contributed by atoms with Crippen LogP contribution in [0.5, 0.6) is 11.5 Å². The van der Waals surface area contributed by atoms with Crippen molar-refractivity contribution in [2.75, 3.05) is 37.9 Å². The normalized spacial score (nSPS) is 13.9. The Morgan fingerprint density at radius 3 is 1.52 bits per heavy atom. The van der Waals surface area contributed by atoms with Gasteiger partial charge in [0.2, 0.25) is 0 Å². The minimum Gasteiger partial charge on any atom is -0.494 e. The molecule has 20 heteroatoms. The van der Waals surface area contributed by atoms with Gasteiger partial charge >= 0.3 is 12.4 Å². The van der Waals surface area contributed by atoms with Gasteiger partial charge in [-0.2, -0.15) is 26.3 Å². The quantitative estimate of drug-likeness (QED) is 0.0497. The lowest BCUT2D eigenvalue weighted by molar-refractivity contribution is -0.132. The van der Waals surface area contributed by atoms with E-state index in [1.54, 1.807) is 51.9 Å². The number of carbonyl (C=O) groups is 3. The van der Waals surface area contributed by atoms with Crippen LogP contribution in [0.3, 0.4) is 0 Å². The second-order valence-corrected chi connectivity index (χ2v) is 20.3. The molecule has 12 nitrogen and oxygen atoms in total. The van der Waals surface area contributed by atoms with Gasteiger partial charge in [0.1, 0.15) is 29.8 Å². The van der Waals surface area contributed by atoms with Crippen LogP contribution in [0.1, 0.15) is 116 Å². The number of aliphatic hydroxyl groups excluding tert-OH is 1. The number of fused-ring (bicyclic) bond motifs is 2. The number of Topliss-reactive ketones (excluding diaryl/α,β-unsaturated/α-hetero) is 2. The molecule has 1 unspecified atom stereocenters. The molecule has 10 rings (SSSR count). The maximum atomic E-state index is 14.4. The number of hydrogen-bond donors (Lipinski definition) is 3. The van der Waals surface area contributed by atoms with E-state index in [-0.39, 0.29) is 52.0 Å². The lowest BCUT2D eigenvalue weighted by atomic mass is 9.99. The van der Waals surface area contributed by atoms with Crippen molar-refractivity contribution in [2.45, 2.75) is 83.7 Å². The van der Waals surface area contributed by atoms with Gasteiger partial charge in [-0.3, -0.25) is 23.5 Å². The lowest BCUT2D eigenvalue weighted by Gasteiger charge is -2.17. The average molecular weight is 1110 g/mol. The van der Waals surface area contributed by atoms with Gasteiger partial charge in [-0.1, -0.05) is 6.07 Å². The molecule has 0 bridgehead atoms. The molecule has 6 aromatic carbocycles. The van der Waals surface area contributed by atoms with Crippen molar-refractivity contribution >= 4 is 50.8 Å². The number of rotatable bonds is 20. The number of aromatic nitrogens is 4. The summed E-state index contributed by atoms with van der Waals surface area (Å²) in [7, 11) is 2.64. The zero-order valence-electron chi connectivity index (χ0n) is 44.0. The van der Waals surface area contributed by atoms with Crippen molar-refractivity contribution in [3.05, 3.63) is 166 Å². The van der Waals surface area contributed by atoms with E-state index in [1.807, 2.05) is 26.0 Å². The van der Waals surface area contributed by atoms with E-state index in [0.29, 0.717) is 80.5 Å². The summed E-state index contributed by atoms with van der Waals surface area (Å²) < 4.78 is 119. The van der Waals surface area contributed by atoms with E-state index in [4.69, 9.17) is 9.47 Å². The second-order valence-electron chi connectivity index (χ2n) is 20.3. The standard InChI is InChI=1S/C30H29F4N3O3.C30H27F4N3O3/c2*1-17-11-21(6-7-22(17)26(38)12-18-3-4-18)37-16-36-28-24(35-10-9-30(32,33)34)14-20(15-25(28)37)29(39)19-5-8-27(40-2)23(31)13-19/h5-8,11,13-16,18,29,35,39H,3-4,9-10,12H2,1-2H3;5-8,11,13-16,18,35H,3-4,9-10,12H2,1-2H3. The fourth-order valence-electron chi connectivity index (χ4n) is 9.53. The van der Waals surface area contributed by atoms with Crippen LogP contribution in [0.2, 0.25) is 0 Å². The molecule has 2 heterocycles. The number of alkyl halides is 6. The highest BCUT2D eigenvalue weighted by atomic mass is 19.4. The summed E-state index contributed by atoms with van der Waals surface area (Å²) in [6, 6.07) is 24.9. The Kier molecular flexibility index (Phi) is 16.5. The van der Waals surface area contributed by atoms with Crippen LogP contribution in [0.15, 0.2) is 110 Å². The number of benzene rings is 6. The van der Waals surface area contributed by atoms with E-state index < -0.39 is 55.3 Å². The smallest absolute Gasteiger partial charge is 0.390 e. The molecular formula is C60H56F8N6O6. The van der Waals surface area contributed by atoms with Gasteiger partial charge in [0.15, 0.2) is 40.5 Å². The molecule has 418 valence electrons. The number of carbonyl (C=O) groups excluding carboxylic acids is 3. The maximum absolute atomic E-state index is 14.4. The molecule has 0 aliphatic heterocycles. The summed E-state index contributed by atoms with van der Waals surface area (Å²) in [4.78, 5) is 47.6. The largest absolute Gasteiger partial charge is 0.494 e. The van der Waals surface area contributed by atoms with Crippen LogP contribution in [0, 0.1) is 37.3 Å². The number of aryl methyl sites for hydroxylation is 2. The maximum Gasteiger partial charge on any atom is 0.390 e. The third-order valence-corrected chi connectivity index (χ3v) is 14.2. The van der Waals surface area contributed by atoms with Crippen molar-refractivity contribution in [2.24, 2.45) is 11.8 Å². The van der Waals surface area contributed by atoms with E-state index in [0.717, 1.165) is 48.9 Å². The zero-order valence-corrected chi connectivity index (χ0v) is 44.0. The minimum atomic E-state index is -4.37. The van der Waals surface area contributed by atoms with Crippen LogP contribution in [-0.2, 0) is 0 Å². The predicted octanol–water partition coefficient (Wildman–Crippen LogP) is 14.0. The molecule has 3 N–H and O–H groups in total. The van der Waals surface area contributed by atoms with Gasteiger partial charge in [-0.05, 0) is 165 Å². The molecule has 1 atom stereocenters. The van der Waals surface area contributed by atoms with Crippen LogP contribution < -0.4 is 20.1 Å². The van der Waals surface area contributed by atoms with Crippen molar-refractivity contribution in [1.29, 1.82) is 0 Å². The number of aliphatic hydroxyl groups is 1. The summed E-state index contributed by atoms with van der Waals surface area (Å²) in [6.07, 6.45) is -3.68. The van der Waals surface area contributed by atoms with Gasteiger partial charge in [-0.15, -0.1) is 0 Å². The predicted molar refractivity (Wildman–Crippen MR) is 287 cm³/mol. The first-order valence-electron chi connectivity index (χ1n) is 25.9. The van der Waals surface area contributed by atoms with Gasteiger partial charge in [0.25, 0.3) is 0 Å². The molecule has 0 spiro atoms. The number of imidazole rings is 2. The molecule has 2 saturated carbocycles. The molecule has 8 aromatic rings. The summed E-state index contributed by atoms with van der Waals surface area (Å²) in [5, 5.41) is 16.7. The number of anilines is 2. The summed E-state index contributed by atoms with van der Waals surface area (Å²) in [5.41, 5.74) is 7.35. The molecular weight excluding hydrogens is 1050 g/mol. The molecule has 0 saturated heterocycles. The third kappa shape index (κ3) is 13.3. The molecule has 2 aromatic heterocycles. The van der Waals surface area contributed by atoms with E-state index in [1.165, 1.54) is 56.9 Å². The molecule has 0 amide bonds. The molecule has 80 heavy (non-hydrogen) atoms. The Morgan fingerprint density at radius 2 is 1.07 bits per heavy atom. The first kappa shape index (κ1) is 56.6. The van der Waals surface area contributed by atoms with Crippen molar-refractivity contribution < 1.29 is 64.1 Å². The lowest BCUT2D eigenvalue weighted by Crippen LogP contribution is -2.15. The summed E-state index contributed by atoms with van der Waals surface area (Å²) in [6.45, 7) is 2.90. The number of nitrogens with one attached hydrogen (secondary N) is 2. The Bertz CT molecular complexity index is 3640. The number of nitrogens with zero attached hydrogens (tertiary/aromatic N) is 4. The molecule has 2 aliphatic rings. The van der Waals surface area contributed by atoms with E-state index in [9.17, 15) is 54.6 Å². The van der Waals surface area contributed by atoms with Gasteiger partial charge in [0, 0.05) is 59.6 Å². The highest BCUT2D eigenvalue weighted by Gasteiger charge is 2.30. The van der Waals surface area contributed by atoms with Gasteiger partial charge in [-0.25, -0.2) is 18.7 Å². The fraction of sp³-hybridized carbons (Fsp3) is 0.317. The number of methoxy groups -OCH3 is 2.